The zero-order valence-electron chi connectivity index (χ0n) is 17.3. The second-order valence-corrected chi connectivity index (χ2v) is 7.45. The van der Waals surface area contributed by atoms with Crippen molar-refractivity contribution in [3.63, 3.8) is 0 Å². The molecule has 4 rings (SSSR count). The first-order valence-corrected chi connectivity index (χ1v) is 10.0. The molecule has 0 aliphatic rings. The Morgan fingerprint density at radius 2 is 1.58 bits per heavy atom. The third kappa shape index (κ3) is 4.87. The molecule has 3 aromatic carbocycles. The number of aromatic nitrogens is 2. The van der Waals surface area contributed by atoms with E-state index < -0.39 is 23.3 Å². The number of nitrogens with two attached hydrogens (primary N) is 1. The predicted molar refractivity (Wildman–Crippen MR) is 119 cm³/mol. The summed E-state index contributed by atoms with van der Waals surface area (Å²) in [5, 5.41) is 4.54. The molecule has 1 amide bonds. The summed E-state index contributed by atoms with van der Waals surface area (Å²) in [6.45, 7) is 0.481. The van der Waals surface area contributed by atoms with Crippen molar-refractivity contribution in [2.75, 3.05) is 5.73 Å². The van der Waals surface area contributed by atoms with Gasteiger partial charge in [-0.15, -0.1) is 0 Å². The normalized spacial score (nSPS) is 11.5. The summed E-state index contributed by atoms with van der Waals surface area (Å²) in [6, 6.07) is 16.9. The highest BCUT2D eigenvalue weighted by Gasteiger charge is 2.30. The van der Waals surface area contributed by atoms with Crippen molar-refractivity contribution in [2.45, 2.75) is 19.3 Å². The van der Waals surface area contributed by atoms with Crippen LogP contribution in [0.1, 0.15) is 27.0 Å². The lowest BCUT2D eigenvalue weighted by Crippen LogP contribution is -2.24. The van der Waals surface area contributed by atoms with Crippen LogP contribution in [0.15, 0.2) is 77.7 Å². The molecule has 0 saturated heterocycles. The molecule has 0 aliphatic carbocycles. The number of halogens is 3. The van der Waals surface area contributed by atoms with Crippen molar-refractivity contribution < 1.29 is 18.0 Å². The molecule has 0 bridgehead atoms. The minimum absolute atomic E-state index is 0.138. The van der Waals surface area contributed by atoms with Crippen LogP contribution in [-0.4, -0.2) is 15.5 Å². The maximum atomic E-state index is 12.7. The lowest BCUT2D eigenvalue weighted by Gasteiger charge is -2.13. The highest BCUT2D eigenvalue weighted by molar-refractivity contribution is 5.95. The maximum absolute atomic E-state index is 12.7. The van der Waals surface area contributed by atoms with Gasteiger partial charge in [-0.3, -0.25) is 9.36 Å². The summed E-state index contributed by atoms with van der Waals surface area (Å²) in [6.07, 6.45) is -2.87. The van der Waals surface area contributed by atoms with Gasteiger partial charge in [0.25, 0.3) is 5.91 Å². The summed E-state index contributed by atoms with van der Waals surface area (Å²) in [5.41, 5.74) is 6.14. The van der Waals surface area contributed by atoms with E-state index in [-0.39, 0.29) is 17.9 Å². The number of amides is 1. The van der Waals surface area contributed by atoms with E-state index in [9.17, 15) is 22.8 Å². The average molecular weight is 452 g/mol. The number of carbonyl (C=O) groups excluding carboxylic acids is 1. The lowest BCUT2D eigenvalue weighted by atomic mass is 9.99. The largest absolute Gasteiger partial charge is 0.416 e. The number of nitrogens with zero attached hydrogens (tertiary/aromatic N) is 2. The third-order valence-corrected chi connectivity index (χ3v) is 5.25. The zero-order chi connectivity index (χ0) is 23.6. The molecule has 0 saturated carbocycles. The van der Waals surface area contributed by atoms with Crippen molar-refractivity contribution in [1.29, 1.82) is 0 Å². The molecule has 168 valence electrons. The van der Waals surface area contributed by atoms with Gasteiger partial charge in [0.1, 0.15) is 5.82 Å². The number of alkyl halides is 3. The third-order valence-electron chi connectivity index (χ3n) is 5.25. The quantitative estimate of drug-likeness (QED) is 0.479. The molecular weight excluding hydrogens is 433 g/mol. The molecule has 33 heavy (non-hydrogen) atoms. The Labute approximate surface area is 186 Å². The Morgan fingerprint density at radius 1 is 0.939 bits per heavy atom. The van der Waals surface area contributed by atoms with Crippen LogP contribution in [0.2, 0.25) is 0 Å². The first-order chi connectivity index (χ1) is 15.7. The molecule has 0 atom stereocenters. The fourth-order valence-corrected chi connectivity index (χ4v) is 3.55. The highest BCUT2D eigenvalue weighted by Crippen LogP contribution is 2.29. The van der Waals surface area contributed by atoms with Gasteiger partial charge in [-0.25, -0.2) is 4.79 Å². The average Bonchev–Trinajstić information content (AvgIpc) is 2.79. The molecule has 9 heteroatoms. The lowest BCUT2D eigenvalue weighted by molar-refractivity contribution is -0.137. The number of carbonyl (C=O) groups is 1. The van der Waals surface area contributed by atoms with Crippen LogP contribution in [0.3, 0.4) is 0 Å². The maximum Gasteiger partial charge on any atom is 0.416 e. The van der Waals surface area contributed by atoms with E-state index in [0.29, 0.717) is 6.54 Å². The number of hydrogen-bond donors (Lipinski definition) is 2. The standard InChI is InChI=1S/C24H19F3N4O2/c25-24(26,27)18-9-7-15(8-10-18)22(32)29-13-16-5-6-17(20-4-2-1-3-19(16)20)14-31-12-11-21(28)30-23(31)33/h1-12H,13-14H2,(H,29,32)(H2,28,30,33). The molecule has 1 heterocycles. The molecule has 0 radical (unpaired) electrons. The van der Waals surface area contributed by atoms with Crippen molar-refractivity contribution in [3.8, 4) is 0 Å². The number of hydrogen-bond acceptors (Lipinski definition) is 4. The van der Waals surface area contributed by atoms with E-state index in [4.69, 9.17) is 5.73 Å². The number of anilines is 1. The van der Waals surface area contributed by atoms with Gasteiger partial charge in [-0.1, -0.05) is 36.4 Å². The van der Waals surface area contributed by atoms with Gasteiger partial charge in [-0.05, 0) is 52.2 Å². The highest BCUT2D eigenvalue weighted by atomic mass is 19.4. The monoisotopic (exact) mass is 452 g/mol. The molecular formula is C24H19F3N4O2. The van der Waals surface area contributed by atoms with Gasteiger partial charge in [0, 0.05) is 18.3 Å². The molecule has 4 aromatic rings. The number of fused-ring (bicyclic) bond motifs is 1. The van der Waals surface area contributed by atoms with Crippen LogP contribution in [0.5, 0.6) is 0 Å². The van der Waals surface area contributed by atoms with E-state index >= 15 is 0 Å². The topological polar surface area (TPSA) is 90.0 Å². The molecule has 6 nitrogen and oxygen atoms in total. The minimum atomic E-state index is -4.46. The van der Waals surface area contributed by atoms with Gasteiger partial charge in [0.15, 0.2) is 0 Å². The SMILES string of the molecule is Nc1ccn(Cc2ccc(CNC(=O)c3ccc(C(F)(F)F)cc3)c3ccccc23)c(=O)n1. The first kappa shape index (κ1) is 22.1. The van der Waals surface area contributed by atoms with E-state index in [0.717, 1.165) is 46.2 Å². The molecule has 0 fully saturated rings. The Hall–Kier alpha value is -4.14. The van der Waals surface area contributed by atoms with Gasteiger partial charge in [-0.2, -0.15) is 18.2 Å². The molecule has 0 aliphatic heterocycles. The first-order valence-electron chi connectivity index (χ1n) is 10.0. The molecule has 0 spiro atoms. The van der Waals surface area contributed by atoms with Gasteiger partial charge in [0.2, 0.25) is 0 Å². The number of rotatable bonds is 5. The van der Waals surface area contributed by atoms with E-state index in [2.05, 4.69) is 10.3 Å². The predicted octanol–water partition coefficient (Wildman–Crippen LogP) is 3.98. The summed E-state index contributed by atoms with van der Waals surface area (Å²) in [7, 11) is 0. The van der Waals surface area contributed by atoms with Crippen LogP contribution < -0.4 is 16.7 Å². The summed E-state index contributed by atoms with van der Waals surface area (Å²) >= 11 is 0. The number of benzene rings is 3. The molecule has 0 unspecified atom stereocenters. The number of nitrogens with one attached hydrogen (secondary N) is 1. The zero-order valence-corrected chi connectivity index (χ0v) is 17.3. The van der Waals surface area contributed by atoms with Crippen molar-refractivity contribution in [1.82, 2.24) is 14.9 Å². The second kappa shape index (κ2) is 8.78. The van der Waals surface area contributed by atoms with E-state index in [1.54, 1.807) is 12.3 Å². The van der Waals surface area contributed by atoms with Gasteiger partial charge < -0.3 is 11.1 Å². The Bertz CT molecular complexity index is 1380. The van der Waals surface area contributed by atoms with Crippen LogP contribution in [0.25, 0.3) is 10.8 Å². The Morgan fingerprint density at radius 3 is 2.21 bits per heavy atom. The summed E-state index contributed by atoms with van der Waals surface area (Å²) in [4.78, 5) is 28.3. The Kier molecular flexibility index (Phi) is 5.87. The summed E-state index contributed by atoms with van der Waals surface area (Å²) in [5.74, 6) is -0.323. The molecule has 1 aromatic heterocycles. The van der Waals surface area contributed by atoms with Gasteiger partial charge >= 0.3 is 11.9 Å². The fraction of sp³-hybridized carbons (Fsp3) is 0.125. The molecule has 3 N–H and O–H groups in total. The fourth-order valence-electron chi connectivity index (χ4n) is 3.55. The van der Waals surface area contributed by atoms with Gasteiger partial charge in [0.05, 0.1) is 12.1 Å². The van der Waals surface area contributed by atoms with Crippen molar-refractivity contribution in [3.05, 3.63) is 106 Å². The van der Waals surface area contributed by atoms with E-state index in [1.807, 2.05) is 36.4 Å². The minimum Gasteiger partial charge on any atom is -0.383 e. The van der Waals surface area contributed by atoms with Crippen molar-refractivity contribution in [2.24, 2.45) is 0 Å². The Balaban J connectivity index is 1.55. The van der Waals surface area contributed by atoms with Crippen LogP contribution in [-0.2, 0) is 19.3 Å². The van der Waals surface area contributed by atoms with Crippen LogP contribution in [0.4, 0.5) is 19.0 Å². The van der Waals surface area contributed by atoms with Crippen LogP contribution >= 0.6 is 0 Å². The smallest absolute Gasteiger partial charge is 0.383 e. The summed E-state index contributed by atoms with van der Waals surface area (Å²) < 4.78 is 39.6. The van der Waals surface area contributed by atoms with Crippen LogP contribution in [0, 0.1) is 0 Å². The second-order valence-electron chi connectivity index (χ2n) is 7.45. The van der Waals surface area contributed by atoms with E-state index in [1.165, 1.54) is 4.57 Å². The van der Waals surface area contributed by atoms with Crippen molar-refractivity contribution >= 4 is 22.5 Å². The number of nitrogen functional groups attached to an aromatic ring is 1.